The van der Waals surface area contributed by atoms with E-state index < -0.39 is 0 Å². The number of carbonyl (C=O) groups is 1. The van der Waals surface area contributed by atoms with E-state index in [1.54, 1.807) is 47.8 Å². The van der Waals surface area contributed by atoms with Crippen LogP contribution in [0.25, 0.3) is 0 Å². The molecule has 1 fully saturated rings. The molecule has 0 bridgehead atoms. The molecule has 0 saturated carbocycles. The first-order valence-corrected chi connectivity index (χ1v) is 8.20. The van der Waals surface area contributed by atoms with Crippen LogP contribution in [0.15, 0.2) is 44.4 Å². The third kappa shape index (κ3) is 4.37. The normalized spacial score (nSPS) is 15.8. The maximum Gasteiger partial charge on any atom is 0.181 e. The molecule has 3 nitrogen and oxygen atoms in total. The van der Waals surface area contributed by atoms with Gasteiger partial charge in [0.1, 0.15) is 5.70 Å². The molecular weight excluding hydrogens is 300 g/mol. The van der Waals surface area contributed by atoms with Crippen LogP contribution in [-0.2, 0) is 4.79 Å². The third-order valence-electron chi connectivity index (χ3n) is 2.37. The lowest BCUT2D eigenvalue weighted by Gasteiger charge is -2.13. The Labute approximate surface area is 125 Å². The Morgan fingerprint density at radius 3 is 2.42 bits per heavy atom. The first kappa shape index (κ1) is 14.6. The fourth-order valence-corrected chi connectivity index (χ4v) is 4.17. The first-order chi connectivity index (χ1) is 9.16. The number of hydrogen-bond donors (Lipinski definition) is 0. The highest BCUT2D eigenvalue weighted by atomic mass is 35.5. The second-order valence-corrected chi connectivity index (χ2v) is 6.82. The topological polar surface area (TPSA) is 41.8 Å². The summed E-state index contributed by atoms with van der Waals surface area (Å²) in [6.45, 7) is 1.53. The van der Waals surface area contributed by atoms with Gasteiger partial charge in [0.05, 0.1) is 9.92 Å². The minimum absolute atomic E-state index is 0.0467. The van der Waals surface area contributed by atoms with Crippen molar-refractivity contribution in [2.45, 2.75) is 13.3 Å². The number of ketones is 1. The zero-order valence-corrected chi connectivity index (χ0v) is 12.8. The molecule has 0 aromatic heterocycles. The fraction of sp³-hybridized carbons (Fsp3) is 0.308. The van der Waals surface area contributed by atoms with E-state index in [2.05, 4.69) is 10.2 Å². The van der Waals surface area contributed by atoms with E-state index in [0.29, 0.717) is 16.4 Å². The molecule has 0 radical (unpaired) electrons. The van der Waals surface area contributed by atoms with Crippen molar-refractivity contribution < 1.29 is 4.79 Å². The number of rotatable bonds is 3. The summed E-state index contributed by atoms with van der Waals surface area (Å²) in [7, 11) is 0. The van der Waals surface area contributed by atoms with E-state index in [1.165, 1.54) is 13.3 Å². The molecule has 1 aromatic rings. The molecule has 1 aliphatic rings. The highest BCUT2D eigenvalue weighted by Gasteiger charge is 2.16. The summed E-state index contributed by atoms with van der Waals surface area (Å²) in [5.74, 6) is 2.03. The van der Waals surface area contributed by atoms with Gasteiger partial charge in [-0.05, 0) is 42.2 Å². The van der Waals surface area contributed by atoms with Crippen molar-refractivity contribution in [1.29, 1.82) is 0 Å². The molecule has 100 valence electrons. The smallest absolute Gasteiger partial charge is 0.181 e. The minimum atomic E-state index is -0.0467. The molecular formula is C13H13ClN2OS2. The number of carbonyl (C=O) groups excluding carboxylic acids is 1. The van der Waals surface area contributed by atoms with Gasteiger partial charge < -0.3 is 0 Å². The van der Waals surface area contributed by atoms with E-state index in [4.69, 9.17) is 11.6 Å². The molecule has 0 N–H and O–H groups in total. The Bertz CT molecular complexity index is 518. The van der Waals surface area contributed by atoms with Crippen LogP contribution in [0.3, 0.4) is 0 Å². The predicted molar refractivity (Wildman–Crippen MR) is 83.2 cm³/mol. The van der Waals surface area contributed by atoms with Crippen LogP contribution in [0.4, 0.5) is 5.69 Å². The Hall–Kier alpha value is -0.780. The molecule has 0 spiro atoms. The average Bonchev–Trinajstić information content (AvgIpc) is 2.42. The van der Waals surface area contributed by atoms with E-state index in [0.717, 1.165) is 15.7 Å². The molecule has 0 aliphatic carbocycles. The molecule has 1 saturated heterocycles. The lowest BCUT2D eigenvalue weighted by Crippen LogP contribution is -2.00. The number of hydrogen-bond acceptors (Lipinski definition) is 5. The predicted octanol–water partition coefficient (Wildman–Crippen LogP) is 5.05. The summed E-state index contributed by atoms with van der Waals surface area (Å²) in [4.78, 5) is 11.7. The monoisotopic (exact) mass is 312 g/mol. The summed E-state index contributed by atoms with van der Waals surface area (Å²) >= 11 is 9.17. The van der Waals surface area contributed by atoms with Gasteiger partial charge in [0.25, 0.3) is 0 Å². The molecule has 0 unspecified atom stereocenters. The molecule has 2 rings (SSSR count). The van der Waals surface area contributed by atoms with Crippen LogP contribution in [0.2, 0.25) is 5.02 Å². The number of nitrogens with zero attached hydrogens (tertiary/aromatic N) is 2. The van der Waals surface area contributed by atoms with Gasteiger partial charge in [-0.25, -0.2) is 0 Å². The van der Waals surface area contributed by atoms with Gasteiger partial charge in [-0.2, -0.15) is 5.11 Å². The van der Waals surface area contributed by atoms with Gasteiger partial charge in [0, 0.05) is 11.9 Å². The minimum Gasteiger partial charge on any atom is -0.293 e. The van der Waals surface area contributed by atoms with Gasteiger partial charge in [-0.3, -0.25) is 4.79 Å². The summed E-state index contributed by atoms with van der Waals surface area (Å²) < 4.78 is 0.983. The van der Waals surface area contributed by atoms with E-state index in [1.807, 2.05) is 0 Å². The zero-order chi connectivity index (χ0) is 13.7. The van der Waals surface area contributed by atoms with Gasteiger partial charge in [0.15, 0.2) is 5.78 Å². The van der Waals surface area contributed by atoms with Crippen LogP contribution in [0.5, 0.6) is 0 Å². The zero-order valence-electron chi connectivity index (χ0n) is 10.4. The maximum absolute atomic E-state index is 11.7. The van der Waals surface area contributed by atoms with Crippen LogP contribution < -0.4 is 0 Å². The molecule has 1 heterocycles. The van der Waals surface area contributed by atoms with Crippen LogP contribution in [-0.4, -0.2) is 17.3 Å². The lowest BCUT2D eigenvalue weighted by molar-refractivity contribution is -0.113. The van der Waals surface area contributed by atoms with Gasteiger partial charge in [0.2, 0.25) is 0 Å². The molecule has 0 atom stereocenters. The van der Waals surface area contributed by atoms with Crippen molar-refractivity contribution in [3.8, 4) is 0 Å². The lowest BCUT2D eigenvalue weighted by atomic mass is 10.3. The highest BCUT2D eigenvalue weighted by Crippen LogP contribution is 2.38. The van der Waals surface area contributed by atoms with Crippen molar-refractivity contribution in [2.75, 3.05) is 11.5 Å². The maximum atomic E-state index is 11.7. The Morgan fingerprint density at radius 1 is 1.21 bits per heavy atom. The Kier molecular flexibility index (Phi) is 5.48. The van der Waals surface area contributed by atoms with Crippen molar-refractivity contribution in [1.82, 2.24) is 0 Å². The SMILES string of the molecule is CC(=O)C(N=Nc1ccc(Cl)cc1)=C1SCCCS1. The van der Waals surface area contributed by atoms with Crippen molar-refractivity contribution in [3.63, 3.8) is 0 Å². The number of halogens is 1. The summed E-state index contributed by atoms with van der Waals surface area (Å²) in [6.07, 6.45) is 1.17. The second-order valence-electron chi connectivity index (χ2n) is 3.92. The molecule has 1 aromatic carbocycles. The number of thioether (sulfide) groups is 2. The summed E-state index contributed by atoms with van der Waals surface area (Å²) in [6, 6.07) is 7.05. The second kappa shape index (κ2) is 7.12. The van der Waals surface area contributed by atoms with E-state index in [9.17, 15) is 4.79 Å². The Balaban J connectivity index is 2.21. The molecule has 19 heavy (non-hydrogen) atoms. The largest absolute Gasteiger partial charge is 0.293 e. The van der Waals surface area contributed by atoms with E-state index in [-0.39, 0.29) is 5.78 Å². The van der Waals surface area contributed by atoms with Gasteiger partial charge in [-0.1, -0.05) is 11.6 Å². The van der Waals surface area contributed by atoms with Gasteiger partial charge in [-0.15, -0.1) is 28.6 Å². The van der Waals surface area contributed by atoms with Crippen molar-refractivity contribution >= 4 is 46.6 Å². The number of benzene rings is 1. The number of allylic oxidation sites excluding steroid dienone is 1. The molecule has 0 amide bonds. The highest BCUT2D eigenvalue weighted by molar-refractivity contribution is 8.22. The Morgan fingerprint density at radius 2 is 1.84 bits per heavy atom. The molecule has 6 heteroatoms. The van der Waals surface area contributed by atoms with Crippen LogP contribution in [0.1, 0.15) is 13.3 Å². The first-order valence-electron chi connectivity index (χ1n) is 5.85. The van der Waals surface area contributed by atoms with Crippen molar-refractivity contribution in [2.24, 2.45) is 10.2 Å². The van der Waals surface area contributed by atoms with Crippen molar-refractivity contribution in [3.05, 3.63) is 39.2 Å². The van der Waals surface area contributed by atoms with E-state index >= 15 is 0 Å². The van der Waals surface area contributed by atoms with Crippen LogP contribution in [0, 0.1) is 0 Å². The number of Topliss-reactive ketones (excluding diaryl/α,β-unsaturated/α-hetero) is 1. The summed E-state index contributed by atoms with van der Waals surface area (Å²) in [5, 5.41) is 8.88. The van der Waals surface area contributed by atoms with Gasteiger partial charge >= 0.3 is 0 Å². The third-order valence-corrected chi connectivity index (χ3v) is 5.23. The van der Waals surface area contributed by atoms with Crippen LogP contribution >= 0.6 is 35.1 Å². The quantitative estimate of drug-likeness (QED) is 0.579. The fourth-order valence-electron chi connectivity index (χ4n) is 1.44. The summed E-state index contributed by atoms with van der Waals surface area (Å²) in [5.41, 5.74) is 1.15. The number of azo groups is 1. The average molecular weight is 313 g/mol. The standard InChI is InChI=1S/C13H13ClN2OS2/c1-9(17)12(13-18-7-2-8-19-13)16-15-11-5-3-10(14)4-6-11/h3-6H,2,7-8H2,1H3. The molecule has 1 aliphatic heterocycles.